The van der Waals surface area contributed by atoms with Crippen LogP contribution < -0.4 is 0 Å². The first kappa shape index (κ1) is 7.60. The van der Waals surface area contributed by atoms with E-state index in [-0.39, 0.29) is 6.10 Å². The van der Waals surface area contributed by atoms with Crippen molar-refractivity contribution in [3.8, 4) is 0 Å². The molecule has 0 heterocycles. The van der Waals surface area contributed by atoms with Gasteiger partial charge < -0.3 is 5.11 Å². The average molecular weight is 154 g/mol. The van der Waals surface area contributed by atoms with Crippen LogP contribution in [0.25, 0.3) is 0 Å². The predicted octanol–water partition coefficient (Wildman–Crippen LogP) is 2.34. The van der Waals surface area contributed by atoms with Crippen LogP contribution in [-0.2, 0) is 0 Å². The monoisotopic (exact) mass is 154 g/mol. The summed E-state index contributed by atoms with van der Waals surface area (Å²) in [6.45, 7) is 0. The molecule has 0 amide bonds. The molecule has 1 nitrogen and oxygen atoms in total. The lowest BCUT2D eigenvalue weighted by atomic mass is 9.84. The predicted molar refractivity (Wildman–Crippen MR) is 45.3 cm³/mol. The number of aliphatic hydroxyl groups excluding tert-OH is 1. The molecule has 64 valence electrons. The summed E-state index contributed by atoms with van der Waals surface area (Å²) >= 11 is 0. The Morgan fingerprint density at radius 3 is 1.91 bits per heavy atom. The van der Waals surface area contributed by atoms with Gasteiger partial charge in [-0.15, -0.1) is 0 Å². The van der Waals surface area contributed by atoms with Gasteiger partial charge in [-0.1, -0.05) is 19.3 Å². The zero-order valence-electron chi connectivity index (χ0n) is 7.13. The molecule has 0 aromatic rings. The largest absolute Gasteiger partial charge is 0.393 e. The normalized spacial score (nSPS) is 30.3. The fourth-order valence-electron chi connectivity index (χ4n) is 2.30. The van der Waals surface area contributed by atoms with Crippen LogP contribution in [0.15, 0.2) is 0 Å². The van der Waals surface area contributed by atoms with E-state index in [1.807, 2.05) is 0 Å². The highest BCUT2D eigenvalue weighted by Crippen LogP contribution is 2.40. The first-order valence-electron chi connectivity index (χ1n) is 5.06. The van der Waals surface area contributed by atoms with Crippen LogP contribution in [0.5, 0.6) is 0 Å². The molecule has 2 saturated carbocycles. The lowest BCUT2D eigenvalue weighted by Crippen LogP contribution is -2.24. The van der Waals surface area contributed by atoms with Gasteiger partial charge in [0.2, 0.25) is 0 Å². The maximum Gasteiger partial charge on any atom is 0.0596 e. The molecule has 2 aliphatic rings. The van der Waals surface area contributed by atoms with E-state index in [0.717, 1.165) is 0 Å². The van der Waals surface area contributed by atoms with Crippen molar-refractivity contribution in [2.75, 3.05) is 0 Å². The van der Waals surface area contributed by atoms with Crippen molar-refractivity contribution in [2.24, 2.45) is 11.8 Å². The molecule has 11 heavy (non-hydrogen) atoms. The summed E-state index contributed by atoms with van der Waals surface area (Å²) in [4.78, 5) is 0. The van der Waals surface area contributed by atoms with E-state index in [1.54, 1.807) is 0 Å². The van der Waals surface area contributed by atoms with Crippen molar-refractivity contribution in [3.63, 3.8) is 0 Å². The van der Waals surface area contributed by atoms with Crippen molar-refractivity contribution < 1.29 is 5.11 Å². The Hall–Kier alpha value is -0.0400. The van der Waals surface area contributed by atoms with Crippen LogP contribution in [0, 0.1) is 11.8 Å². The lowest BCUT2D eigenvalue weighted by Gasteiger charge is -2.26. The Morgan fingerprint density at radius 1 is 0.818 bits per heavy atom. The first-order chi connectivity index (χ1) is 5.38. The zero-order valence-corrected chi connectivity index (χ0v) is 7.13. The van der Waals surface area contributed by atoms with Gasteiger partial charge in [0.15, 0.2) is 0 Å². The molecule has 0 radical (unpaired) electrons. The molecule has 0 saturated heterocycles. The summed E-state index contributed by atoms with van der Waals surface area (Å²) in [5.74, 6) is 1.36. The van der Waals surface area contributed by atoms with Crippen molar-refractivity contribution in [2.45, 2.75) is 51.0 Å². The molecular formula is C10H18O. The fraction of sp³-hybridized carbons (Fsp3) is 1.00. The van der Waals surface area contributed by atoms with Gasteiger partial charge in [-0.05, 0) is 37.5 Å². The highest BCUT2D eigenvalue weighted by molar-refractivity contribution is 4.86. The number of rotatable bonds is 2. The molecule has 1 atom stereocenters. The Morgan fingerprint density at radius 2 is 1.36 bits per heavy atom. The summed E-state index contributed by atoms with van der Waals surface area (Å²) in [7, 11) is 0. The first-order valence-corrected chi connectivity index (χ1v) is 5.06. The maximum absolute atomic E-state index is 9.81. The molecule has 0 unspecified atom stereocenters. The summed E-state index contributed by atoms with van der Waals surface area (Å²) in [5.41, 5.74) is 0. The molecule has 2 fully saturated rings. The van der Waals surface area contributed by atoms with E-state index in [1.165, 1.54) is 44.9 Å². The summed E-state index contributed by atoms with van der Waals surface area (Å²) in [6, 6.07) is 0. The number of hydrogen-bond donors (Lipinski definition) is 1. The molecule has 0 spiro atoms. The van der Waals surface area contributed by atoms with E-state index < -0.39 is 0 Å². The Kier molecular flexibility index (Phi) is 2.17. The SMILES string of the molecule is O[C@H](C1CCCCC1)C1CC1. The third kappa shape index (κ3) is 1.76. The lowest BCUT2D eigenvalue weighted by molar-refractivity contribution is 0.0660. The van der Waals surface area contributed by atoms with Crippen LogP contribution in [0.3, 0.4) is 0 Å². The molecule has 2 rings (SSSR count). The molecule has 0 aliphatic heterocycles. The number of hydrogen-bond acceptors (Lipinski definition) is 1. The van der Waals surface area contributed by atoms with E-state index in [0.29, 0.717) is 11.8 Å². The van der Waals surface area contributed by atoms with Gasteiger partial charge in [0.25, 0.3) is 0 Å². The van der Waals surface area contributed by atoms with Crippen LogP contribution in [0.4, 0.5) is 0 Å². The average Bonchev–Trinajstić information content (AvgIpc) is 2.87. The minimum atomic E-state index is 0.0651. The van der Waals surface area contributed by atoms with E-state index in [9.17, 15) is 5.11 Å². The van der Waals surface area contributed by atoms with Gasteiger partial charge in [-0.3, -0.25) is 0 Å². The molecule has 0 bridgehead atoms. The zero-order chi connectivity index (χ0) is 7.68. The van der Waals surface area contributed by atoms with Crippen molar-refractivity contribution in [1.29, 1.82) is 0 Å². The van der Waals surface area contributed by atoms with E-state index in [2.05, 4.69) is 0 Å². The quantitative estimate of drug-likeness (QED) is 0.647. The Bertz CT molecular complexity index is 123. The van der Waals surface area contributed by atoms with Gasteiger partial charge in [0.05, 0.1) is 6.10 Å². The Labute approximate surface area is 68.8 Å². The smallest absolute Gasteiger partial charge is 0.0596 e. The third-order valence-electron chi connectivity index (χ3n) is 3.24. The number of aliphatic hydroxyl groups is 1. The minimum Gasteiger partial charge on any atom is -0.393 e. The van der Waals surface area contributed by atoms with Crippen LogP contribution in [-0.4, -0.2) is 11.2 Å². The van der Waals surface area contributed by atoms with Gasteiger partial charge in [-0.2, -0.15) is 0 Å². The second kappa shape index (κ2) is 3.14. The second-order valence-electron chi connectivity index (χ2n) is 4.23. The Balaban J connectivity index is 1.81. The van der Waals surface area contributed by atoms with Crippen molar-refractivity contribution >= 4 is 0 Å². The maximum atomic E-state index is 9.81. The van der Waals surface area contributed by atoms with E-state index >= 15 is 0 Å². The molecule has 2 aliphatic carbocycles. The highest BCUT2D eigenvalue weighted by Gasteiger charge is 2.35. The molecule has 0 aromatic carbocycles. The summed E-state index contributed by atoms with van der Waals surface area (Å²) < 4.78 is 0. The summed E-state index contributed by atoms with van der Waals surface area (Å²) in [5, 5.41) is 9.81. The topological polar surface area (TPSA) is 20.2 Å². The molecule has 1 N–H and O–H groups in total. The summed E-state index contributed by atoms with van der Waals surface area (Å²) in [6.07, 6.45) is 9.33. The minimum absolute atomic E-state index is 0.0651. The van der Waals surface area contributed by atoms with Gasteiger partial charge >= 0.3 is 0 Å². The van der Waals surface area contributed by atoms with Crippen molar-refractivity contribution in [3.05, 3.63) is 0 Å². The van der Waals surface area contributed by atoms with Crippen LogP contribution in [0.2, 0.25) is 0 Å². The van der Waals surface area contributed by atoms with Gasteiger partial charge in [0, 0.05) is 0 Å². The third-order valence-corrected chi connectivity index (χ3v) is 3.24. The second-order valence-corrected chi connectivity index (χ2v) is 4.23. The van der Waals surface area contributed by atoms with Crippen LogP contribution in [0.1, 0.15) is 44.9 Å². The standard InChI is InChI=1S/C10H18O/c11-10(9-6-7-9)8-4-2-1-3-5-8/h8-11H,1-7H2/t10-/m1/s1. The molecule has 1 heteroatoms. The fourth-order valence-corrected chi connectivity index (χ4v) is 2.30. The molecule has 0 aromatic heterocycles. The van der Waals surface area contributed by atoms with Gasteiger partial charge in [-0.25, -0.2) is 0 Å². The van der Waals surface area contributed by atoms with E-state index in [4.69, 9.17) is 0 Å². The van der Waals surface area contributed by atoms with Crippen LogP contribution >= 0.6 is 0 Å². The highest BCUT2D eigenvalue weighted by atomic mass is 16.3. The van der Waals surface area contributed by atoms with Crippen molar-refractivity contribution in [1.82, 2.24) is 0 Å². The van der Waals surface area contributed by atoms with Gasteiger partial charge in [0.1, 0.15) is 0 Å². The molecular weight excluding hydrogens is 136 g/mol.